The van der Waals surface area contributed by atoms with Crippen molar-refractivity contribution in [1.29, 1.82) is 0 Å². The largest absolute Gasteiger partial charge is 0.352 e. The van der Waals surface area contributed by atoms with E-state index in [1.165, 1.54) is 35.2 Å². The van der Waals surface area contributed by atoms with E-state index in [2.05, 4.69) is 5.32 Å². The first-order valence-electron chi connectivity index (χ1n) is 15.3. The summed E-state index contributed by atoms with van der Waals surface area (Å²) in [6.45, 7) is -0.812. The molecule has 0 radical (unpaired) electrons. The summed E-state index contributed by atoms with van der Waals surface area (Å²) in [6.07, 6.45) is 3.81. The summed E-state index contributed by atoms with van der Waals surface area (Å²) in [6, 6.07) is 27.8. The van der Waals surface area contributed by atoms with Gasteiger partial charge in [0.1, 0.15) is 12.6 Å². The highest BCUT2D eigenvalue weighted by Crippen LogP contribution is 2.29. The highest BCUT2D eigenvalue weighted by atomic mass is 35.5. The molecule has 0 spiro atoms. The Balaban J connectivity index is 1.59. The number of nitro benzene ring substituents is 1. The van der Waals surface area contributed by atoms with Crippen LogP contribution >= 0.6 is 11.6 Å². The normalized spacial score (nSPS) is 13.9. The summed E-state index contributed by atoms with van der Waals surface area (Å²) >= 11 is 6.55. The molecule has 2 amide bonds. The van der Waals surface area contributed by atoms with Crippen LogP contribution in [0.5, 0.6) is 0 Å². The Kier molecular flexibility index (Phi) is 10.9. The number of carbonyl (C=O) groups excluding carboxylic acids is 2. The first kappa shape index (κ1) is 33.6. The average Bonchev–Trinajstić information content (AvgIpc) is 3.59. The van der Waals surface area contributed by atoms with Crippen LogP contribution in [0.4, 0.5) is 11.4 Å². The molecular weight excluding hydrogens is 640 g/mol. The van der Waals surface area contributed by atoms with E-state index in [4.69, 9.17) is 11.6 Å². The van der Waals surface area contributed by atoms with Gasteiger partial charge in [0.2, 0.25) is 11.8 Å². The van der Waals surface area contributed by atoms with E-state index in [0.717, 1.165) is 41.6 Å². The first-order valence-corrected chi connectivity index (χ1v) is 17.1. The number of sulfonamides is 1. The molecule has 4 aromatic carbocycles. The van der Waals surface area contributed by atoms with Crippen LogP contribution in [0.3, 0.4) is 0 Å². The highest BCUT2D eigenvalue weighted by molar-refractivity contribution is 7.92. The van der Waals surface area contributed by atoms with Gasteiger partial charge in [0.05, 0.1) is 15.5 Å². The molecule has 10 nitrogen and oxygen atoms in total. The molecule has 0 aromatic heterocycles. The summed E-state index contributed by atoms with van der Waals surface area (Å²) in [5.74, 6) is -1.03. The number of nitrogens with one attached hydrogen (secondary N) is 1. The lowest BCUT2D eigenvalue weighted by molar-refractivity contribution is -0.384. The molecule has 0 bridgehead atoms. The lowest BCUT2D eigenvalue weighted by Gasteiger charge is -2.34. The van der Waals surface area contributed by atoms with Crippen molar-refractivity contribution < 1.29 is 22.9 Å². The number of nitrogens with zero attached hydrogens (tertiary/aromatic N) is 3. The van der Waals surface area contributed by atoms with Crippen molar-refractivity contribution in [2.24, 2.45) is 0 Å². The predicted molar refractivity (Wildman–Crippen MR) is 180 cm³/mol. The molecule has 0 unspecified atom stereocenters. The van der Waals surface area contributed by atoms with Crippen molar-refractivity contribution in [1.82, 2.24) is 10.2 Å². The summed E-state index contributed by atoms with van der Waals surface area (Å²) in [7, 11) is -4.39. The third-order valence-corrected chi connectivity index (χ3v) is 10.4. The second-order valence-electron chi connectivity index (χ2n) is 11.4. The van der Waals surface area contributed by atoms with Crippen LogP contribution in [0, 0.1) is 10.1 Å². The van der Waals surface area contributed by atoms with E-state index in [-0.39, 0.29) is 41.2 Å². The number of benzene rings is 4. The van der Waals surface area contributed by atoms with E-state index in [0.29, 0.717) is 10.6 Å². The standard InChI is InChI=1S/C35H35ClN4O6S/c36-32-21-10-7-14-27(32)24-38(33(22-26-12-3-1-4-13-26)35(42)37-28-15-8-9-16-28)34(41)25-39(29-17-11-18-30(23-29)40(43)44)47(45,46)31-19-5-2-6-20-31/h1-7,10-14,17-21,23,28,33H,8-9,15-16,22,24-25H2,(H,37,42)/t33-/m1/s1. The summed E-state index contributed by atoms with van der Waals surface area (Å²) < 4.78 is 29.0. The molecule has 1 fully saturated rings. The summed E-state index contributed by atoms with van der Waals surface area (Å²) in [5, 5.41) is 15.2. The van der Waals surface area contributed by atoms with Gasteiger partial charge < -0.3 is 10.2 Å². The molecule has 1 saturated carbocycles. The van der Waals surface area contributed by atoms with E-state index >= 15 is 0 Å². The Morgan fingerprint density at radius 2 is 1.53 bits per heavy atom. The molecule has 47 heavy (non-hydrogen) atoms. The fourth-order valence-corrected chi connectivity index (χ4v) is 7.36. The van der Waals surface area contributed by atoms with Crippen molar-refractivity contribution in [2.45, 2.75) is 55.6 Å². The maximum atomic E-state index is 14.6. The van der Waals surface area contributed by atoms with Gasteiger partial charge in [0, 0.05) is 36.2 Å². The SMILES string of the molecule is O=C(NC1CCCC1)[C@@H](Cc1ccccc1)N(Cc1ccccc1Cl)C(=O)CN(c1cccc([N+](=O)[O-])c1)S(=O)(=O)c1ccccc1. The smallest absolute Gasteiger partial charge is 0.271 e. The van der Waals surface area contributed by atoms with Gasteiger partial charge in [0.15, 0.2) is 0 Å². The number of halogens is 1. The van der Waals surface area contributed by atoms with Gasteiger partial charge in [0.25, 0.3) is 15.7 Å². The third kappa shape index (κ3) is 8.35. The predicted octanol–water partition coefficient (Wildman–Crippen LogP) is 6.14. The zero-order valence-electron chi connectivity index (χ0n) is 25.6. The van der Waals surface area contributed by atoms with Gasteiger partial charge >= 0.3 is 0 Å². The van der Waals surface area contributed by atoms with Crippen molar-refractivity contribution in [3.8, 4) is 0 Å². The van der Waals surface area contributed by atoms with Gasteiger partial charge in [-0.05, 0) is 48.2 Å². The third-order valence-electron chi connectivity index (χ3n) is 8.21. The first-order chi connectivity index (χ1) is 22.6. The number of hydrogen-bond acceptors (Lipinski definition) is 6. The molecule has 1 N–H and O–H groups in total. The van der Waals surface area contributed by atoms with Gasteiger partial charge in [-0.25, -0.2) is 8.42 Å². The van der Waals surface area contributed by atoms with E-state index in [1.807, 2.05) is 30.3 Å². The number of nitro groups is 1. The van der Waals surface area contributed by atoms with Crippen LogP contribution in [0.25, 0.3) is 0 Å². The zero-order valence-corrected chi connectivity index (χ0v) is 27.1. The number of non-ortho nitro benzene ring substituents is 1. The molecule has 1 aliphatic rings. The van der Waals surface area contributed by atoms with Crippen molar-refractivity contribution >= 4 is 44.8 Å². The van der Waals surface area contributed by atoms with Crippen molar-refractivity contribution in [3.05, 3.63) is 135 Å². The van der Waals surface area contributed by atoms with Crippen molar-refractivity contribution in [3.63, 3.8) is 0 Å². The van der Waals surface area contributed by atoms with Gasteiger partial charge in [-0.2, -0.15) is 0 Å². The Morgan fingerprint density at radius 1 is 0.894 bits per heavy atom. The van der Waals surface area contributed by atoms with Crippen LogP contribution in [-0.2, 0) is 32.6 Å². The molecule has 1 aliphatic carbocycles. The Hall–Kier alpha value is -4.74. The monoisotopic (exact) mass is 674 g/mol. The lowest BCUT2D eigenvalue weighted by Crippen LogP contribution is -2.54. The average molecular weight is 675 g/mol. The molecule has 244 valence electrons. The minimum atomic E-state index is -4.39. The Labute approximate surface area is 279 Å². The summed E-state index contributed by atoms with van der Waals surface area (Å²) in [4.78, 5) is 40.9. The molecule has 0 saturated heterocycles. The lowest BCUT2D eigenvalue weighted by atomic mass is 10.0. The van der Waals surface area contributed by atoms with Crippen LogP contribution in [0.2, 0.25) is 5.02 Å². The Morgan fingerprint density at radius 3 is 2.19 bits per heavy atom. The van der Waals surface area contributed by atoms with Crippen molar-refractivity contribution in [2.75, 3.05) is 10.8 Å². The fraction of sp³-hybridized carbons (Fsp3) is 0.257. The Bertz CT molecular complexity index is 1820. The topological polar surface area (TPSA) is 130 Å². The maximum absolute atomic E-state index is 14.6. The molecule has 5 rings (SSSR count). The van der Waals surface area contributed by atoms with Gasteiger partial charge in [-0.15, -0.1) is 0 Å². The quantitative estimate of drug-likeness (QED) is 0.134. The van der Waals surface area contributed by atoms with E-state index in [9.17, 15) is 28.1 Å². The number of rotatable bonds is 13. The number of hydrogen-bond donors (Lipinski definition) is 1. The molecule has 0 aliphatic heterocycles. The molecular formula is C35H35ClN4O6S. The highest BCUT2D eigenvalue weighted by Gasteiger charge is 2.36. The number of amides is 2. The fourth-order valence-electron chi connectivity index (χ4n) is 5.74. The van der Waals surface area contributed by atoms with Gasteiger partial charge in [-0.1, -0.05) is 97.2 Å². The van der Waals surface area contributed by atoms with E-state index < -0.39 is 33.4 Å². The van der Waals surface area contributed by atoms with Gasteiger partial charge in [-0.3, -0.25) is 24.0 Å². The minimum absolute atomic E-state index is 0.0298. The molecule has 12 heteroatoms. The molecule has 1 atom stereocenters. The summed E-state index contributed by atoms with van der Waals surface area (Å²) in [5.41, 5.74) is 0.976. The second-order valence-corrected chi connectivity index (χ2v) is 13.7. The van der Waals surface area contributed by atoms with Crippen LogP contribution < -0.4 is 9.62 Å². The van der Waals surface area contributed by atoms with E-state index in [1.54, 1.807) is 42.5 Å². The minimum Gasteiger partial charge on any atom is -0.352 e. The van der Waals surface area contributed by atoms with Crippen LogP contribution in [-0.4, -0.2) is 48.7 Å². The molecule has 0 heterocycles. The number of carbonyl (C=O) groups is 2. The van der Waals surface area contributed by atoms with Crippen LogP contribution in [0.15, 0.2) is 114 Å². The van der Waals surface area contributed by atoms with Crippen LogP contribution in [0.1, 0.15) is 36.8 Å². The second kappa shape index (κ2) is 15.2. The zero-order chi connectivity index (χ0) is 33.4. The maximum Gasteiger partial charge on any atom is 0.271 e. The number of anilines is 1. The molecule has 4 aromatic rings.